The van der Waals surface area contributed by atoms with Crippen LogP contribution < -0.4 is 0 Å². The molecule has 0 aliphatic carbocycles. The summed E-state index contributed by atoms with van der Waals surface area (Å²) >= 11 is 1.61. The lowest BCUT2D eigenvalue weighted by atomic mass is 10.1. The van der Waals surface area contributed by atoms with Crippen molar-refractivity contribution in [3.8, 4) is 0 Å². The molecule has 128 valence electrons. The van der Waals surface area contributed by atoms with E-state index < -0.39 is 0 Å². The Balaban J connectivity index is 0.000000880. The summed E-state index contributed by atoms with van der Waals surface area (Å²) in [5.41, 5.74) is 6.49. The summed E-state index contributed by atoms with van der Waals surface area (Å²) in [5, 5.41) is 10.4. The summed E-state index contributed by atoms with van der Waals surface area (Å²) in [5.74, 6) is 0.846. The van der Waals surface area contributed by atoms with E-state index >= 15 is 0 Å². The molecule has 0 fully saturated rings. The fourth-order valence-corrected chi connectivity index (χ4v) is 3.51. The number of benzene rings is 2. The van der Waals surface area contributed by atoms with E-state index in [2.05, 4.69) is 76.5 Å². The first kappa shape index (κ1) is 17.4. The number of hydrogen-bond acceptors (Lipinski definition) is 4. The second kappa shape index (κ2) is 7.66. The third kappa shape index (κ3) is 3.66. The van der Waals surface area contributed by atoms with Crippen molar-refractivity contribution in [3.05, 3.63) is 59.2 Å². The molecule has 2 aromatic heterocycles. The molecule has 0 atom stereocenters. The second-order valence-electron chi connectivity index (χ2n) is 5.68. The van der Waals surface area contributed by atoms with Crippen molar-refractivity contribution in [3.63, 3.8) is 0 Å². The van der Waals surface area contributed by atoms with E-state index in [0.29, 0.717) is 5.16 Å². The molecule has 2 aromatic carbocycles. The molecular formula is C20H22N4S. The zero-order valence-corrected chi connectivity index (χ0v) is 15.8. The molecular weight excluding hydrogens is 328 g/mol. The molecule has 4 nitrogen and oxygen atoms in total. The van der Waals surface area contributed by atoms with Crippen molar-refractivity contribution in [2.24, 2.45) is 0 Å². The Morgan fingerprint density at radius 1 is 1.00 bits per heavy atom. The smallest absolute Gasteiger partial charge is 0.211 e. The van der Waals surface area contributed by atoms with Gasteiger partial charge >= 0.3 is 0 Å². The number of rotatable bonds is 3. The third-order valence-electron chi connectivity index (χ3n) is 3.97. The largest absolute Gasteiger partial charge is 0.338 e. The highest BCUT2D eigenvalue weighted by molar-refractivity contribution is 7.98. The van der Waals surface area contributed by atoms with E-state index in [4.69, 9.17) is 0 Å². The second-order valence-corrected chi connectivity index (χ2v) is 6.62. The molecule has 0 saturated heterocycles. The van der Waals surface area contributed by atoms with Crippen LogP contribution in [0.25, 0.3) is 22.1 Å². The van der Waals surface area contributed by atoms with Gasteiger partial charge in [0.15, 0.2) is 5.65 Å². The molecule has 0 spiro atoms. The third-order valence-corrected chi connectivity index (χ3v) is 4.86. The summed E-state index contributed by atoms with van der Waals surface area (Å²) < 4.78 is 0. The van der Waals surface area contributed by atoms with Crippen LogP contribution in [0.5, 0.6) is 0 Å². The first-order chi connectivity index (χ1) is 12.2. The Kier molecular flexibility index (Phi) is 5.34. The van der Waals surface area contributed by atoms with Crippen LogP contribution in [0.1, 0.15) is 30.5 Å². The van der Waals surface area contributed by atoms with Gasteiger partial charge in [0.05, 0.1) is 0 Å². The predicted molar refractivity (Wildman–Crippen MR) is 106 cm³/mol. The van der Waals surface area contributed by atoms with Crippen LogP contribution in [0.3, 0.4) is 0 Å². The van der Waals surface area contributed by atoms with Crippen LogP contribution >= 0.6 is 11.8 Å². The number of aromatic amines is 1. The van der Waals surface area contributed by atoms with Gasteiger partial charge in [0.2, 0.25) is 5.16 Å². The van der Waals surface area contributed by atoms with E-state index in [1.165, 1.54) is 16.7 Å². The van der Waals surface area contributed by atoms with Crippen LogP contribution in [0.4, 0.5) is 0 Å². The van der Waals surface area contributed by atoms with Gasteiger partial charge in [-0.1, -0.05) is 62.0 Å². The average molecular weight is 350 g/mol. The van der Waals surface area contributed by atoms with Gasteiger partial charge in [-0.2, -0.15) is 0 Å². The fourth-order valence-electron chi connectivity index (χ4n) is 2.65. The Bertz CT molecular complexity index is 1010. The highest BCUT2D eigenvalue weighted by Gasteiger charge is 2.10. The van der Waals surface area contributed by atoms with Crippen LogP contribution in [-0.4, -0.2) is 20.2 Å². The first-order valence-electron chi connectivity index (χ1n) is 8.51. The van der Waals surface area contributed by atoms with Crippen molar-refractivity contribution < 1.29 is 0 Å². The summed E-state index contributed by atoms with van der Waals surface area (Å²) in [4.78, 5) is 7.96. The lowest BCUT2D eigenvalue weighted by molar-refractivity contribution is 0.878. The van der Waals surface area contributed by atoms with E-state index in [-0.39, 0.29) is 0 Å². The molecule has 0 amide bonds. The predicted octanol–water partition coefficient (Wildman–Crippen LogP) is 5.44. The van der Waals surface area contributed by atoms with Gasteiger partial charge in [-0.25, -0.2) is 4.98 Å². The summed E-state index contributed by atoms with van der Waals surface area (Å²) in [7, 11) is 0. The van der Waals surface area contributed by atoms with E-state index in [1.807, 2.05) is 13.8 Å². The molecule has 2 heterocycles. The minimum absolute atomic E-state index is 0.698. The van der Waals surface area contributed by atoms with Gasteiger partial charge in [-0.15, -0.1) is 10.2 Å². The molecule has 4 rings (SSSR count). The van der Waals surface area contributed by atoms with Gasteiger partial charge in [0.1, 0.15) is 5.52 Å². The molecule has 25 heavy (non-hydrogen) atoms. The molecule has 0 radical (unpaired) electrons. The van der Waals surface area contributed by atoms with Crippen LogP contribution in [-0.2, 0) is 5.75 Å². The van der Waals surface area contributed by atoms with Crippen LogP contribution in [0.2, 0.25) is 0 Å². The Hall–Kier alpha value is -2.40. The standard InChI is InChI=1S/C18H16N4S.C2H6/c1-11-7-8-14-15(9-11)19-17-16(14)21-22-18(20-17)23-10-13-6-4-3-5-12(13)2;1-2/h3-9H,10H2,1-2H3,(H,19,20,22);1-2H3. The first-order valence-corrected chi connectivity index (χ1v) is 9.49. The lowest BCUT2D eigenvalue weighted by Crippen LogP contribution is -1.93. The topological polar surface area (TPSA) is 54.5 Å². The fraction of sp³-hybridized carbons (Fsp3) is 0.250. The van der Waals surface area contributed by atoms with Gasteiger partial charge in [-0.3, -0.25) is 0 Å². The van der Waals surface area contributed by atoms with Crippen molar-refractivity contribution in [1.29, 1.82) is 0 Å². The Morgan fingerprint density at radius 2 is 1.80 bits per heavy atom. The lowest BCUT2D eigenvalue weighted by Gasteiger charge is -2.03. The number of H-pyrrole nitrogens is 1. The zero-order valence-electron chi connectivity index (χ0n) is 15.0. The van der Waals surface area contributed by atoms with E-state index in [1.54, 1.807) is 11.8 Å². The molecule has 5 heteroatoms. The maximum atomic E-state index is 4.62. The monoisotopic (exact) mass is 350 g/mol. The molecule has 0 unspecified atom stereocenters. The van der Waals surface area contributed by atoms with Crippen molar-refractivity contribution in [2.75, 3.05) is 0 Å². The van der Waals surface area contributed by atoms with Crippen molar-refractivity contribution in [1.82, 2.24) is 20.2 Å². The minimum Gasteiger partial charge on any atom is -0.338 e. The number of aryl methyl sites for hydroxylation is 2. The maximum Gasteiger partial charge on any atom is 0.211 e. The maximum absolute atomic E-state index is 4.62. The van der Waals surface area contributed by atoms with Crippen molar-refractivity contribution >= 4 is 33.8 Å². The van der Waals surface area contributed by atoms with Crippen molar-refractivity contribution in [2.45, 2.75) is 38.6 Å². The molecule has 0 aliphatic rings. The quantitative estimate of drug-likeness (QED) is 0.500. The SMILES string of the molecule is CC.Cc1ccc2c(c1)[nH]c1nc(SCc3ccccc3C)nnc12. The van der Waals surface area contributed by atoms with Gasteiger partial charge in [0.25, 0.3) is 0 Å². The number of nitrogens with zero attached hydrogens (tertiary/aromatic N) is 3. The average Bonchev–Trinajstić information content (AvgIpc) is 2.99. The molecule has 0 aliphatic heterocycles. The summed E-state index contributed by atoms with van der Waals surface area (Å²) in [6, 6.07) is 14.6. The summed E-state index contributed by atoms with van der Waals surface area (Å²) in [6.45, 7) is 8.20. The summed E-state index contributed by atoms with van der Waals surface area (Å²) in [6.07, 6.45) is 0. The highest BCUT2D eigenvalue weighted by atomic mass is 32.2. The molecule has 1 N–H and O–H groups in total. The Morgan fingerprint density at radius 3 is 2.60 bits per heavy atom. The number of nitrogens with one attached hydrogen (secondary N) is 1. The van der Waals surface area contributed by atoms with Gasteiger partial charge in [0, 0.05) is 16.7 Å². The number of aromatic nitrogens is 4. The van der Waals surface area contributed by atoms with E-state index in [0.717, 1.165) is 27.8 Å². The van der Waals surface area contributed by atoms with Gasteiger partial charge < -0.3 is 4.98 Å². The number of fused-ring (bicyclic) bond motifs is 3. The molecule has 0 saturated carbocycles. The van der Waals surface area contributed by atoms with E-state index in [9.17, 15) is 0 Å². The van der Waals surface area contributed by atoms with Gasteiger partial charge in [-0.05, 0) is 36.6 Å². The number of hydrogen-bond donors (Lipinski definition) is 1. The minimum atomic E-state index is 0.698. The zero-order chi connectivity index (χ0) is 17.8. The number of thioether (sulfide) groups is 1. The molecule has 4 aromatic rings. The van der Waals surface area contributed by atoms with Crippen LogP contribution in [0, 0.1) is 13.8 Å². The normalized spacial score (nSPS) is 10.7. The molecule has 0 bridgehead atoms. The van der Waals surface area contributed by atoms with Crippen LogP contribution in [0.15, 0.2) is 47.6 Å². The highest BCUT2D eigenvalue weighted by Crippen LogP contribution is 2.26. The Labute approximate surface area is 152 Å².